The summed E-state index contributed by atoms with van der Waals surface area (Å²) >= 11 is 0. The van der Waals surface area contributed by atoms with Gasteiger partial charge in [-0.2, -0.15) is 0 Å². The van der Waals surface area contributed by atoms with Gasteiger partial charge >= 0.3 is 5.97 Å². The van der Waals surface area contributed by atoms with Crippen LogP contribution in [0.3, 0.4) is 0 Å². The Morgan fingerprint density at radius 1 is 1.02 bits per heavy atom. The fourth-order valence-corrected chi connectivity index (χ4v) is 10.5. The summed E-state index contributed by atoms with van der Waals surface area (Å²) in [5, 5.41) is 0. The van der Waals surface area contributed by atoms with Gasteiger partial charge in [-0.3, -0.25) is 4.79 Å². The van der Waals surface area contributed by atoms with E-state index >= 15 is 0 Å². The molecule has 3 heteroatoms. The standard InChI is InChI=1S/C38H57NO2/c1-25(2)12-11-13-26(3)29-17-18-30-28-16-19-33-36(4,5)34(21-23-38(33,7)31(28)20-22-37(29,30)6)41-35(40)32(39)24-27-14-9-8-10-15-27/h8-10,12,14-15,26,29-30,32-34H,11,13,16-24,39H2,1-7H3/t26-,29-,30?,32+,33?,34+,37-,38-/m1/s1. The molecule has 1 aromatic rings. The summed E-state index contributed by atoms with van der Waals surface area (Å²) in [5.74, 6) is 2.72. The molecule has 0 amide bonds. The quantitative estimate of drug-likeness (QED) is 0.255. The maximum atomic E-state index is 13.2. The molecule has 226 valence electrons. The second-order valence-corrected chi connectivity index (χ2v) is 15.7. The number of nitrogens with two attached hydrogens (primary N) is 1. The van der Waals surface area contributed by atoms with E-state index in [4.69, 9.17) is 10.5 Å². The van der Waals surface area contributed by atoms with Gasteiger partial charge in [0.2, 0.25) is 0 Å². The topological polar surface area (TPSA) is 52.3 Å². The van der Waals surface area contributed by atoms with Gasteiger partial charge in [0.15, 0.2) is 0 Å². The van der Waals surface area contributed by atoms with Crippen molar-refractivity contribution >= 4 is 5.97 Å². The highest BCUT2D eigenvalue weighted by Crippen LogP contribution is 2.68. The molecule has 4 aliphatic rings. The first-order chi connectivity index (χ1) is 19.4. The molecule has 2 fully saturated rings. The Morgan fingerprint density at radius 2 is 1.76 bits per heavy atom. The molecule has 0 spiro atoms. The summed E-state index contributed by atoms with van der Waals surface area (Å²) in [6, 6.07) is 9.43. The molecule has 41 heavy (non-hydrogen) atoms. The second-order valence-electron chi connectivity index (χ2n) is 15.7. The monoisotopic (exact) mass is 559 g/mol. The first kappa shape index (κ1) is 30.6. The Hall–Kier alpha value is -1.87. The number of fused-ring (bicyclic) bond motifs is 4. The van der Waals surface area contributed by atoms with Crippen LogP contribution in [0.15, 0.2) is 53.1 Å². The third-order valence-electron chi connectivity index (χ3n) is 12.7. The van der Waals surface area contributed by atoms with Crippen LogP contribution in [0.1, 0.15) is 118 Å². The molecule has 8 atom stereocenters. The molecule has 0 aliphatic heterocycles. The molecule has 0 aromatic heterocycles. The Morgan fingerprint density at radius 3 is 2.46 bits per heavy atom. The van der Waals surface area contributed by atoms with Crippen molar-refractivity contribution in [3.63, 3.8) is 0 Å². The van der Waals surface area contributed by atoms with Crippen molar-refractivity contribution in [2.45, 2.75) is 131 Å². The lowest BCUT2D eigenvalue weighted by molar-refractivity contribution is -0.171. The lowest BCUT2D eigenvalue weighted by Gasteiger charge is -2.60. The molecule has 3 nitrogen and oxygen atoms in total. The second kappa shape index (κ2) is 11.7. The summed E-state index contributed by atoms with van der Waals surface area (Å²) in [7, 11) is 0. The largest absolute Gasteiger partial charge is 0.461 e. The molecule has 0 heterocycles. The van der Waals surface area contributed by atoms with Crippen LogP contribution in [0.5, 0.6) is 0 Å². The molecule has 1 aromatic carbocycles. The Labute approximate surface area is 250 Å². The Bertz CT molecular complexity index is 1160. The van der Waals surface area contributed by atoms with Crippen LogP contribution in [0, 0.1) is 39.9 Å². The number of allylic oxidation sites excluding steroid dienone is 4. The van der Waals surface area contributed by atoms with Crippen LogP contribution in [0.2, 0.25) is 0 Å². The third-order valence-corrected chi connectivity index (χ3v) is 12.7. The average Bonchev–Trinajstić information content (AvgIpc) is 3.28. The van der Waals surface area contributed by atoms with E-state index in [1.807, 2.05) is 41.5 Å². The van der Waals surface area contributed by atoms with Crippen molar-refractivity contribution in [3.8, 4) is 0 Å². The number of carbonyl (C=O) groups excluding carboxylic acids is 1. The number of benzene rings is 1. The maximum Gasteiger partial charge on any atom is 0.323 e. The number of esters is 1. The van der Waals surface area contributed by atoms with Crippen LogP contribution < -0.4 is 5.73 Å². The van der Waals surface area contributed by atoms with E-state index < -0.39 is 6.04 Å². The predicted octanol–water partition coefficient (Wildman–Crippen LogP) is 9.21. The number of ether oxygens (including phenoxy) is 1. The highest BCUT2D eigenvalue weighted by molar-refractivity contribution is 5.76. The van der Waals surface area contributed by atoms with E-state index in [1.165, 1.54) is 56.9 Å². The van der Waals surface area contributed by atoms with Crippen molar-refractivity contribution in [3.05, 3.63) is 58.7 Å². The molecule has 4 aliphatic carbocycles. The highest BCUT2D eigenvalue weighted by atomic mass is 16.5. The first-order valence-corrected chi connectivity index (χ1v) is 16.7. The fourth-order valence-electron chi connectivity index (χ4n) is 10.5. The van der Waals surface area contributed by atoms with Gasteiger partial charge in [0.25, 0.3) is 0 Å². The van der Waals surface area contributed by atoms with Gasteiger partial charge in [0, 0.05) is 5.41 Å². The number of rotatable bonds is 8. The predicted molar refractivity (Wildman–Crippen MR) is 170 cm³/mol. The lowest BCUT2D eigenvalue weighted by Crippen LogP contribution is -2.55. The van der Waals surface area contributed by atoms with Gasteiger partial charge in [-0.1, -0.05) is 87.7 Å². The zero-order valence-electron chi connectivity index (χ0n) is 27.1. The first-order valence-electron chi connectivity index (χ1n) is 16.7. The van der Waals surface area contributed by atoms with Gasteiger partial charge in [0.05, 0.1) is 0 Å². The van der Waals surface area contributed by atoms with Gasteiger partial charge < -0.3 is 10.5 Å². The summed E-state index contributed by atoms with van der Waals surface area (Å²) in [5.41, 5.74) is 13.2. The van der Waals surface area contributed by atoms with Crippen LogP contribution >= 0.6 is 0 Å². The number of hydrogen-bond acceptors (Lipinski definition) is 3. The van der Waals surface area contributed by atoms with Crippen molar-refractivity contribution in [2.24, 2.45) is 45.7 Å². The van der Waals surface area contributed by atoms with Crippen LogP contribution in [0.4, 0.5) is 0 Å². The minimum Gasteiger partial charge on any atom is -0.461 e. The van der Waals surface area contributed by atoms with E-state index in [9.17, 15) is 4.79 Å². The molecular formula is C38H57NO2. The SMILES string of the molecule is CC(C)=CCC[C@@H](C)[C@H]1CCC2C3=C(CC[C@@]21C)[C@@]1(C)CC[C@H](OC(=O)[C@@H](N)Cc2ccccc2)C(C)(C)C1CC3. The van der Waals surface area contributed by atoms with Gasteiger partial charge in [0.1, 0.15) is 12.1 Å². The molecule has 0 saturated heterocycles. The molecule has 0 radical (unpaired) electrons. The minimum absolute atomic E-state index is 0.0634. The van der Waals surface area contributed by atoms with Gasteiger partial charge in [-0.15, -0.1) is 0 Å². The normalized spacial score (nSPS) is 35.5. The van der Waals surface area contributed by atoms with Crippen molar-refractivity contribution in [2.75, 3.05) is 0 Å². The molecule has 0 bridgehead atoms. The van der Waals surface area contributed by atoms with E-state index in [1.54, 1.807) is 0 Å². The van der Waals surface area contributed by atoms with Crippen molar-refractivity contribution < 1.29 is 9.53 Å². The van der Waals surface area contributed by atoms with Gasteiger partial charge in [-0.05, 0) is 125 Å². The van der Waals surface area contributed by atoms with Crippen LogP contribution in [-0.2, 0) is 16.0 Å². The molecule has 2 saturated carbocycles. The summed E-state index contributed by atoms with van der Waals surface area (Å²) in [4.78, 5) is 13.2. The van der Waals surface area contributed by atoms with Crippen LogP contribution in [-0.4, -0.2) is 18.1 Å². The fraction of sp³-hybridized carbons (Fsp3) is 0.711. The lowest BCUT2D eigenvalue weighted by atomic mass is 9.45. The average molecular weight is 560 g/mol. The van der Waals surface area contributed by atoms with E-state index in [2.05, 4.69) is 54.5 Å². The number of hydrogen-bond donors (Lipinski definition) is 1. The van der Waals surface area contributed by atoms with Crippen molar-refractivity contribution in [1.29, 1.82) is 0 Å². The summed E-state index contributed by atoms with van der Waals surface area (Å²) in [6.45, 7) is 17.0. The Kier molecular flexibility index (Phi) is 8.70. The Balaban J connectivity index is 1.29. The highest BCUT2D eigenvalue weighted by Gasteiger charge is 2.59. The molecule has 2 unspecified atom stereocenters. The smallest absolute Gasteiger partial charge is 0.323 e. The van der Waals surface area contributed by atoms with Gasteiger partial charge in [-0.25, -0.2) is 0 Å². The zero-order valence-corrected chi connectivity index (χ0v) is 27.1. The molecule has 2 N–H and O–H groups in total. The number of carbonyl (C=O) groups is 1. The van der Waals surface area contributed by atoms with E-state index in [0.29, 0.717) is 17.8 Å². The zero-order chi connectivity index (χ0) is 29.6. The van der Waals surface area contributed by atoms with E-state index in [0.717, 1.165) is 36.2 Å². The summed E-state index contributed by atoms with van der Waals surface area (Å²) < 4.78 is 6.26. The van der Waals surface area contributed by atoms with Crippen molar-refractivity contribution in [1.82, 2.24) is 0 Å². The molecule has 5 rings (SSSR count). The third kappa shape index (κ3) is 5.62. The van der Waals surface area contributed by atoms with E-state index in [-0.39, 0.29) is 22.9 Å². The summed E-state index contributed by atoms with van der Waals surface area (Å²) in [6.07, 6.45) is 15.4. The minimum atomic E-state index is -0.613. The van der Waals surface area contributed by atoms with Crippen LogP contribution in [0.25, 0.3) is 0 Å². The maximum absolute atomic E-state index is 13.2. The molecular weight excluding hydrogens is 502 g/mol.